The van der Waals surface area contributed by atoms with E-state index < -0.39 is 0 Å². The van der Waals surface area contributed by atoms with Gasteiger partial charge in [-0.05, 0) is 18.8 Å². The number of aliphatic hydroxyl groups excluding tert-OH is 1. The molecule has 11 heavy (non-hydrogen) atoms. The summed E-state index contributed by atoms with van der Waals surface area (Å²) in [5, 5.41) is 9.18. The molecule has 1 aliphatic rings. The molecule has 0 aliphatic carbocycles. The van der Waals surface area contributed by atoms with Crippen molar-refractivity contribution in [2.45, 2.75) is 38.3 Å². The van der Waals surface area contributed by atoms with Crippen LogP contribution in [0.5, 0.6) is 0 Å². The second-order valence-electron chi connectivity index (χ2n) is 3.64. The first kappa shape index (κ1) is 9.08. The molecule has 0 spiro atoms. The van der Waals surface area contributed by atoms with E-state index in [2.05, 4.69) is 21.7 Å². The molecule has 1 rings (SSSR count). The highest BCUT2D eigenvalue weighted by molar-refractivity contribution is 6.11. The maximum absolute atomic E-state index is 9.18. The van der Waals surface area contributed by atoms with Crippen molar-refractivity contribution in [3.05, 3.63) is 0 Å². The highest BCUT2D eigenvalue weighted by atomic mass is 16.5. The van der Waals surface area contributed by atoms with Crippen molar-refractivity contribution in [3.8, 4) is 0 Å². The van der Waals surface area contributed by atoms with Crippen LogP contribution in [0, 0.1) is 5.92 Å². The highest BCUT2D eigenvalue weighted by Crippen LogP contribution is 2.36. The lowest BCUT2D eigenvalue weighted by atomic mass is 9.84. The summed E-state index contributed by atoms with van der Waals surface area (Å²) in [6.07, 6.45) is 1.99. The van der Waals surface area contributed by atoms with E-state index in [0.717, 1.165) is 12.8 Å². The summed E-state index contributed by atoms with van der Waals surface area (Å²) >= 11 is 0. The fourth-order valence-corrected chi connectivity index (χ4v) is 2.01. The zero-order valence-corrected chi connectivity index (χ0v) is 7.63. The number of hydrogen-bond donors (Lipinski definition) is 1. The van der Waals surface area contributed by atoms with Crippen molar-refractivity contribution < 1.29 is 9.84 Å². The Kier molecular flexibility index (Phi) is 2.60. The van der Waals surface area contributed by atoms with Gasteiger partial charge in [-0.2, -0.15) is 0 Å². The minimum absolute atomic E-state index is 0.162. The van der Waals surface area contributed by atoms with Gasteiger partial charge >= 0.3 is 0 Å². The van der Waals surface area contributed by atoms with Crippen LogP contribution in [-0.2, 0) is 4.74 Å². The third-order valence-electron chi connectivity index (χ3n) is 2.89. The van der Waals surface area contributed by atoms with E-state index in [1.165, 1.54) is 0 Å². The lowest BCUT2D eigenvalue weighted by molar-refractivity contribution is -0.0709. The minimum Gasteiger partial charge on any atom is -0.393 e. The Hall–Kier alpha value is -0.0151. The van der Waals surface area contributed by atoms with E-state index in [-0.39, 0.29) is 12.2 Å². The molecular formula is C8H17BO2. The van der Waals surface area contributed by atoms with Gasteiger partial charge in [-0.15, -0.1) is 0 Å². The van der Waals surface area contributed by atoms with Crippen LogP contribution >= 0.6 is 0 Å². The molecule has 0 aromatic rings. The molecule has 2 nitrogen and oxygen atoms in total. The van der Waals surface area contributed by atoms with Gasteiger partial charge in [0.05, 0.1) is 12.2 Å². The van der Waals surface area contributed by atoms with Gasteiger partial charge in [0.25, 0.3) is 0 Å². The van der Waals surface area contributed by atoms with E-state index in [9.17, 15) is 5.11 Å². The molecule has 1 fully saturated rings. The van der Waals surface area contributed by atoms with Crippen molar-refractivity contribution in [3.63, 3.8) is 0 Å². The fourth-order valence-electron chi connectivity index (χ4n) is 2.01. The van der Waals surface area contributed by atoms with Crippen molar-refractivity contribution in [2.24, 2.45) is 5.92 Å². The quantitative estimate of drug-likeness (QED) is 0.576. The molecule has 0 aromatic carbocycles. The van der Waals surface area contributed by atoms with E-state index >= 15 is 0 Å². The number of rotatable bonds is 2. The van der Waals surface area contributed by atoms with Gasteiger partial charge in [-0.25, -0.2) is 0 Å². The smallest absolute Gasteiger partial charge is 0.139 e. The van der Waals surface area contributed by atoms with Gasteiger partial charge in [0.15, 0.2) is 0 Å². The minimum atomic E-state index is -0.237. The molecule has 1 saturated heterocycles. The van der Waals surface area contributed by atoms with E-state index in [4.69, 9.17) is 4.74 Å². The van der Waals surface area contributed by atoms with Gasteiger partial charge in [0.2, 0.25) is 0 Å². The second-order valence-corrected chi connectivity index (χ2v) is 3.64. The highest BCUT2D eigenvalue weighted by Gasteiger charge is 2.42. The van der Waals surface area contributed by atoms with Gasteiger partial charge < -0.3 is 9.84 Å². The standard InChI is InChI=1S/C8H17BO2/c1-3-8(5-10)6(2)4-7(9)11-8/h6-7,10H,3-5,9H2,1-2H3/t6?,7-,8+/m1/s1. The van der Waals surface area contributed by atoms with E-state index in [1.807, 2.05) is 0 Å². The number of aliphatic hydroxyl groups is 1. The van der Waals surface area contributed by atoms with Crippen LogP contribution in [-0.4, -0.2) is 31.2 Å². The molecule has 0 radical (unpaired) electrons. The Balaban J connectivity index is 2.67. The first-order chi connectivity index (χ1) is 5.14. The van der Waals surface area contributed by atoms with Crippen molar-refractivity contribution in [1.29, 1.82) is 0 Å². The molecule has 1 unspecified atom stereocenters. The monoisotopic (exact) mass is 156 g/mol. The summed E-state index contributed by atoms with van der Waals surface area (Å²) in [5.41, 5.74) is -0.237. The molecule has 0 saturated carbocycles. The van der Waals surface area contributed by atoms with Crippen LogP contribution in [0.3, 0.4) is 0 Å². The SMILES string of the molecule is B[C@H]1CC(C)[C@](CC)(CO)O1. The van der Waals surface area contributed by atoms with E-state index in [1.54, 1.807) is 0 Å². The zero-order chi connectivity index (χ0) is 8.48. The predicted octanol–water partition coefficient (Wildman–Crippen LogP) is 0.143. The summed E-state index contributed by atoms with van der Waals surface area (Å²) in [4.78, 5) is 0. The first-order valence-corrected chi connectivity index (χ1v) is 4.43. The Bertz CT molecular complexity index is 134. The fraction of sp³-hybridized carbons (Fsp3) is 1.00. The maximum Gasteiger partial charge on any atom is 0.139 e. The van der Waals surface area contributed by atoms with Crippen LogP contribution in [0.15, 0.2) is 0 Å². The van der Waals surface area contributed by atoms with Crippen LogP contribution in [0.2, 0.25) is 0 Å². The van der Waals surface area contributed by atoms with Crippen molar-refractivity contribution in [1.82, 2.24) is 0 Å². The Morgan fingerprint density at radius 3 is 2.55 bits per heavy atom. The lowest BCUT2D eigenvalue weighted by Gasteiger charge is -2.29. The Labute approximate surface area is 69.3 Å². The average molecular weight is 156 g/mol. The molecule has 3 atom stereocenters. The summed E-state index contributed by atoms with van der Waals surface area (Å²) < 4.78 is 5.71. The molecule has 0 amide bonds. The second kappa shape index (κ2) is 3.15. The molecule has 64 valence electrons. The molecule has 0 aromatic heterocycles. The maximum atomic E-state index is 9.18. The molecule has 0 bridgehead atoms. The van der Waals surface area contributed by atoms with Gasteiger partial charge in [0.1, 0.15) is 7.85 Å². The molecular weight excluding hydrogens is 139 g/mol. The third kappa shape index (κ3) is 1.45. The lowest BCUT2D eigenvalue weighted by Crippen LogP contribution is -2.38. The van der Waals surface area contributed by atoms with Gasteiger partial charge in [0, 0.05) is 6.00 Å². The van der Waals surface area contributed by atoms with E-state index in [0.29, 0.717) is 11.9 Å². The number of ether oxygens (including phenoxy) is 1. The summed E-state index contributed by atoms with van der Waals surface area (Å²) in [6.45, 7) is 4.39. The largest absolute Gasteiger partial charge is 0.393 e. The predicted molar refractivity (Wildman–Crippen MR) is 47.3 cm³/mol. The Morgan fingerprint density at radius 1 is 1.73 bits per heavy atom. The summed E-state index contributed by atoms with van der Waals surface area (Å²) in [6, 6.07) is 0.317. The first-order valence-electron chi connectivity index (χ1n) is 4.43. The zero-order valence-electron chi connectivity index (χ0n) is 7.63. The van der Waals surface area contributed by atoms with Crippen LogP contribution < -0.4 is 0 Å². The Morgan fingerprint density at radius 2 is 2.36 bits per heavy atom. The normalized spacial score (nSPS) is 44.6. The molecule has 1 N–H and O–H groups in total. The molecule has 1 heterocycles. The average Bonchev–Trinajstić information content (AvgIpc) is 2.27. The van der Waals surface area contributed by atoms with Crippen molar-refractivity contribution in [2.75, 3.05) is 6.61 Å². The van der Waals surface area contributed by atoms with Crippen molar-refractivity contribution >= 4 is 7.85 Å². The van der Waals surface area contributed by atoms with Gasteiger partial charge in [-0.1, -0.05) is 13.8 Å². The summed E-state index contributed by atoms with van der Waals surface area (Å²) in [7, 11) is 2.07. The number of hydrogen-bond acceptors (Lipinski definition) is 2. The van der Waals surface area contributed by atoms with Gasteiger partial charge in [-0.3, -0.25) is 0 Å². The van der Waals surface area contributed by atoms with Crippen LogP contribution in [0.4, 0.5) is 0 Å². The topological polar surface area (TPSA) is 29.5 Å². The third-order valence-corrected chi connectivity index (χ3v) is 2.89. The summed E-state index contributed by atoms with van der Waals surface area (Å²) in [5.74, 6) is 0.493. The van der Waals surface area contributed by atoms with Crippen LogP contribution in [0.1, 0.15) is 26.7 Å². The molecule has 3 heteroatoms. The van der Waals surface area contributed by atoms with Crippen LogP contribution in [0.25, 0.3) is 0 Å². The molecule has 1 aliphatic heterocycles.